The van der Waals surface area contributed by atoms with Crippen LogP contribution in [0.3, 0.4) is 0 Å². The van der Waals surface area contributed by atoms with Gasteiger partial charge >= 0.3 is 163 Å². The number of nitrogens with two attached hydrogens (primary N) is 2. The maximum absolute atomic E-state index is 11.1. The molecule has 10 nitrogen and oxygen atoms in total. The molecule has 2 aromatic carbocycles. The third-order valence-corrected chi connectivity index (χ3v) is 4.97. The Bertz CT molecular complexity index is 935. The minimum atomic E-state index is -1.02. The Morgan fingerprint density at radius 2 is 1.91 bits per heavy atom. The van der Waals surface area contributed by atoms with E-state index >= 15 is 0 Å². The molecule has 0 spiro atoms. The summed E-state index contributed by atoms with van der Waals surface area (Å²) < 4.78 is 7.21. The number of carboxylic acid groups (broad SMARTS) is 1. The molecule has 2 rings (SSSR count). The Morgan fingerprint density at radius 3 is 2.50 bits per heavy atom. The molecule has 0 amide bonds. The number of hydrogen-bond acceptors (Lipinski definition) is 7. The van der Waals surface area contributed by atoms with E-state index in [-0.39, 0.29) is 25.5 Å². The SMILES string of the molecule is CO.N/C=N\N=C(/N)c1ccc(CN(CC=O)CC(=O)O)c(OCc2ccc([At])cc2)c1. The first-order valence-electron chi connectivity index (χ1n) is 9.32. The molecule has 0 heterocycles. The second-order valence-electron chi connectivity index (χ2n) is 6.22. The number of carboxylic acids is 1. The van der Waals surface area contributed by atoms with Crippen molar-refractivity contribution in [2.24, 2.45) is 21.7 Å². The average Bonchev–Trinajstić information content (AvgIpc) is 2.79. The molecule has 0 aliphatic carbocycles. The van der Waals surface area contributed by atoms with Crippen molar-refractivity contribution in [2.45, 2.75) is 13.2 Å². The fourth-order valence-corrected chi connectivity index (χ4v) is 3.09. The van der Waals surface area contributed by atoms with Crippen LogP contribution in [0.4, 0.5) is 0 Å². The molecule has 0 saturated carbocycles. The standard InChI is InChI=1S/C20H22AtN5O4.CH4O/c21-17-5-1-14(2-6-17)12-30-18-9-15(20(23)25-24-13-22)3-4-16(18)10-26(7-8-27)11-19(28)29;1-2/h1-6,8-9,13H,7,10-12H2,(H2,22,24)(H2,23,25)(H,28,29);2H,1H3. The number of carbonyl (C=O) groups excluding carboxylic acids is 1. The van der Waals surface area contributed by atoms with Crippen molar-refractivity contribution in [3.63, 3.8) is 0 Å². The van der Waals surface area contributed by atoms with Gasteiger partial charge in [-0.2, -0.15) is 0 Å². The molecule has 11 heteroatoms. The molecule has 0 atom stereocenters. The van der Waals surface area contributed by atoms with Crippen LogP contribution in [0, 0.1) is 24.7 Å². The van der Waals surface area contributed by atoms with E-state index < -0.39 is 5.97 Å². The zero-order chi connectivity index (χ0) is 23.9. The normalized spacial score (nSPS) is 11.2. The van der Waals surface area contributed by atoms with Gasteiger partial charge in [0.05, 0.1) is 0 Å². The van der Waals surface area contributed by atoms with Crippen molar-refractivity contribution in [2.75, 3.05) is 20.2 Å². The fourth-order valence-electron chi connectivity index (χ4n) is 2.60. The van der Waals surface area contributed by atoms with Gasteiger partial charge < -0.3 is 20.7 Å². The number of aliphatic hydroxyl groups is 1. The average molecular weight is 638 g/mol. The molecule has 0 radical (unpaired) electrons. The number of rotatable bonds is 11. The molecule has 0 aromatic heterocycles. The van der Waals surface area contributed by atoms with Gasteiger partial charge in [-0.1, -0.05) is 0 Å². The first kappa shape index (κ1) is 27.2. The molecule has 0 bridgehead atoms. The van der Waals surface area contributed by atoms with Crippen LogP contribution in [-0.2, 0) is 22.7 Å². The number of aliphatic carboxylic acids is 1. The number of aldehydes is 1. The molecular weight excluding hydrogens is 612 g/mol. The zero-order valence-corrected chi connectivity index (χ0v) is 20.5. The summed E-state index contributed by atoms with van der Waals surface area (Å²) in [5, 5.41) is 23.5. The molecule has 0 saturated heterocycles. The summed E-state index contributed by atoms with van der Waals surface area (Å²) in [5.74, 6) is -0.360. The van der Waals surface area contributed by atoms with Gasteiger partial charge in [0.1, 0.15) is 6.34 Å². The first-order chi connectivity index (χ1) is 15.4. The predicted molar refractivity (Wildman–Crippen MR) is 117 cm³/mol. The Labute approximate surface area is 201 Å². The Hall–Kier alpha value is -2.88. The second-order valence-corrected chi connectivity index (χ2v) is 7.91. The monoisotopic (exact) mass is 638 g/mol. The molecule has 2 aromatic rings. The van der Waals surface area contributed by atoms with Crippen molar-refractivity contribution >= 4 is 27.7 Å². The third-order valence-electron chi connectivity index (χ3n) is 3.99. The van der Waals surface area contributed by atoms with Crippen molar-refractivity contribution in [3.05, 3.63) is 59.2 Å². The summed E-state index contributed by atoms with van der Waals surface area (Å²) >= 11 is 1.59. The Balaban J connectivity index is 0.00000249. The summed E-state index contributed by atoms with van der Waals surface area (Å²) in [5.41, 5.74) is 13.4. The van der Waals surface area contributed by atoms with Gasteiger partial charge in [-0.05, 0) is 0 Å². The van der Waals surface area contributed by atoms with Gasteiger partial charge in [0.15, 0.2) is 0 Å². The third kappa shape index (κ3) is 9.51. The van der Waals surface area contributed by atoms with E-state index in [1.165, 1.54) is 8.17 Å². The van der Waals surface area contributed by atoms with Gasteiger partial charge in [-0.25, -0.2) is 0 Å². The molecule has 6 N–H and O–H groups in total. The maximum atomic E-state index is 11.1. The van der Waals surface area contributed by atoms with E-state index in [9.17, 15) is 9.59 Å². The topological polar surface area (TPSA) is 164 Å². The molecule has 0 aliphatic heterocycles. The van der Waals surface area contributed by atoms with Gasteiger partial charge in [0, 0.05) is 7.11 Å². The molecule has 32 heavy (non-hydrogen) atoms. The van der Waals surface area contributed by atoms with Crippen LogP contribution in [0.5, 0.6) is 5.75 Å². The number of carbonyl (C=O) groups is 2. The van der Waals surface area contributed by atoms with Crippen molar-refractivity contribution in [1.82, 2.24) is 4.90 Å². The number of hydrogen-bond donors (Lipinski definition) is 4. The van der Waals surface area contributed by atoms with Crippen molar-refractivity contribution < 1.29 is 49.3 Å². The first-order valence-corrected chi connectivity index (χ1v) is 10.8. The van der Waals surface area contributed by atoms with Gasteiger partial charge in [0.25, 0.3) is 0 Å². The van der Waals surface area contributed by atoms with Gasteiger partial charge in [-0.3, -0.25) is 4.79 Å². The van der Waals surface area contributed by atoms with E-state index in [0.717, 1.165) is 19.0 Å². The number of nitrogens with zero attached hydrogens (tertiary/aromatic N) is 3. The van der Waals surface area contributed by atoms with Crippen LogP contribution < -0.4 is 19.5 Å². The summed E-state index contributed by atoms with van der Waals surface area (Å²) in [6.07, 6.45) is 1.70. The summed E-state index contributed by atoms with van der Waals surface area (Å²) in [6.45, 7) is 0.248. The number of amidine groups is 1. The molecule has 172 valence electrons. The minimum absolute atomic E-state index is 0.0121. The predicted octanol–water partition coefficient (Wildman–Crippen LogP) is -0.258. The number of benzene rings is 2. The quantitative estimate of drug-likeness (QED) is 0.113. The summed E-state index contributed by atoms with van der Waals surface area (Å²) in [4.78, 5) is 23.5. The summed E-state index contributed by atoms with van der Waals surface area (Å²) in [7, 11) is 1.00. The van der Waals surface area contributed by atoms with Gasteiger partial charge in [-0.15, -0.1) is 0 Å². The Morgan fingerprint density at radius 1 is 1.22 bits per heavy atom. The number of aliphatic hydroxyl groups excluding tert-OH is 1. The van der Waals surface area contributed by atoms with Crippen molar-refractivity contribution in [3.8, 4) is 5.75 Å². The summed E-state index contributed by atoms with van der Waals surface area (Å²) in [6, 6.07) is 13.2. The zero-order valence-electron chi connectivity index (χ0n) is 17.5. The van der Waals surface area contributed by atoms with Crippen LogP contribution in [0.2, 0.25) is 0 Å². The van der Waals surface area contributed by atoms with Crippen LogP contribution >= 0.6 is 0 Å². The van der Waals surface area contributed by atoms with Gasteiger partial charge in [0.2, 0.25) is 0 Å². The van der Waals surface area contributed by atoms with E-state index in [0.29, 0.717) is 29.8 Å². The van der Waals surface area contributed by atoms with Crippen molar-refractivity contribution in [1.29, 1.82) is 0 Å². The van der Waals surface area contributed by atoms with E-state index in [1.807, 2.05) is 24.3 Å². The fraction of sp³-hybridized carbons (Fsp3) is 0.238. The van der Waals surface area contributed by atoms with E-state index in [2.05, 4.69) is 10.2 Å². The van der Waals surface area contributed by atoms with E-state index in [1.54, 1.807) is 42.9 Å². The van der Waals surface area contributed by atoms with Crippen LogP contribution in [0.25, 0.3) is 0 Å². The molecule has 0 unspecified atom stereocenters. The molecule has 0 aliphatic rings. The second kappa shape index (κ2) is 15.0. The Kier molecular flexibility index (Phi) is 12.7. The van der Waals surface area contributed by atoms with Crippen LogP contribution in [0.15, 0.2) is 52.7 Å². The molecular formula is C21H26AtN5O5. The van der Waals surface area contributed by atoms with Crippen LogP contribution in [0.1, 0.15) is 16.7 Å². The molecule has 0 fully saturated rings. The van der Waals surface area contributed by atoms with Crippen LogP contribution in [-0.4, -0.2) is 59.7 Å². The number of ether oxygens (including phenoxy) is 1. The van der Waals surface area contributed by atoms with E-state index in [4.69, 9.17) is 26.4 Å².